The molecule has 1 unspecified atom stereocenters. The van der Waals surface area contributed by atoms with Gasteiger partial charge in [0.05, 0.1) is 12.0 Å². The summed E-state index contributed by atoms with van der Waals surface area (Å²) in [5.41, 5.74) is 7.20. The lowest BCUT2D eigenvalue weighted by Gasteiger charge is -2.10. The fraction of sp³-hybridized carbons (Fsp3) is 0.385. The lowest BCUT2D eigenvalue weighted by molar-refractivity contribution is 0.561. The summed E-state index contributed by atoms with van der Waals surface area (Å²) in [5.74, 6) is 0.612. The molecule has 0 aromatic heterocycles. The topological polar surface area (TPSA) is 50.7 Å². The number of hydrogen-bond donors (Lipinski definition) is 1. The minimum absolute atomic E-state index is 0.612. The van der Waals surface area contributed by atoms with Crippen LogP contribution in [0.3, 0.4) is 0 Å². The van der Waals surface area contributed by atoms with Crippen LogP contribution in [0.15, 0.2) is 28.2 Å². The van der Waals surface area contributed by atoms with Gasteiger partial charge in [0.25, 0.3) is 0 Å². The van der Waals surface area contributed by atoms with Crippen molar-refractivity contribution in [1.82, 2.24) is 0 Å². The van der Waals surface area contributed by atoms with E-state index < -0.39 is 0 Å². The fourth-order valence-corrected chi connectivity index (χ4v) is 1.69. The number of hydrogen-bond acceptors (Lipinski definition) is 1. The Morgan fingerprint density at radius 2 is 2.24 bits per heavy atom. The minimum atomic E-state index is 0.612. The van der Waals surface area contributed by atoms with Crippen molar-refractivity contribution < 1.29 is 0 Å². The van der Waals surface area contributed by atoms with Gasteiger partial charge in [-0.05, 0) is 36.1 Å². The van der Waals surface area contributed by atoms with Gasteiger partial charge in [0.15, 0.2) is 0 Å². The highest BCUT2D eigenvalue weighted by Crippen LogP contribution is 2.26. The monoisotopic (exact) mass is 251 g/mol. The molecule has 0 saturated heterocycles. The number of nitrogens with zero attached hydrogens (tertiary/aromatic N) is 2. The Kier molecular flexibility index (Phi) is 5.70. The molecule has 0 aliphatic carbocycles. The Morgan fingerprint density at radius 1 is 1.47 bits per heavy atom. The maximum atomic E-state index is 6.00. The van der Waals surface area contributed by atoms with Crippen molar-refractivity contribution in [3.8, 4) is 0 Å². The number of benzene rings is 1. The van der Waals surface area contributed by atoms with Gasteiger partial charge in [-0.3, -0.25) is 0 Å². The van der Waals surface area contributed by atoms with E-state index in [4.69, 9.17) is 17.3 Å². The van der Waals surface area contributed by atoms with Gasteiger partial charge in [-0.15, -0.1) is 0 Å². The molecule has 0 spiro atoms. The smallest absolute Gasteiger partial charge is 0.117 e. The predicted molar refractivity (Wildman–Crippen MR) is 75.4 cm³/mol. The first-order valence-corrected chi connectivity index (χ1v) is 6.09. The van der Waals surface area contributed by atoms with Gasteiger partial charge in [-0.2, -0.15) is 0 Å². The van der Waals surface area contributed by atoms with E-state index in [2.05, 4.69) is 23.8 Å². The van der Waals surface area contributed by atoms with Crippen molar-refractivity contribution >= 4 is 30.0 Å². The summed E-state index contributed by atoms with van der Waals surface area (Å²) >= 11 is 6.00. The van der Waals surface area contributed by atoms with Crippen molar-refractivity contribution in [3.05, 3.63) is 28.8 Å². The molecule has 0 fully saturated rings. The molecule has 0 heterocycles. The Labute approximate surface area is 107 Å². The zero-order valence-corrected chi connectivity index (χ0v) is 11.0. The van der Waals surface area contributed by atoms with E-state index in [0.29, 0.717) is 5.92 Å². The molecular weight excluding hydrogens is 234 g/mol. The average molecular weight is 252 g/mol. The van der Waals surface area contributed by atoms with Gasteiger partial charge in [-0.25, -0.2) is 9.98 Å². The molecule has 0 bridgehead atoms. The second-order valence-electron chi connectivity index (χ2n) is 4.03. The lowest BCUT2D eigenvalue weighted by Crippen LogP contribution is -1.98. The molecule has 0 amide bonds. The molecule has 1 aromatic rings. The van der Waals surface area contributed by atoms with Crippen LogP contribution in [0.25, 0.3) is 0 Å². The normalized spacial score (nSPS) is 13.6. The van der Waals surface area contributed by atoms with E-state index in [-0.39, 0.29) is 0 Å². The van der Waals surface area contributed by atoms with Crippen molar-refractivity contribution in [2.24, 2.45) is 21.6 Å². The molecule has 1 rings (SSSR count). The van der Waals surface area contributed by atoms with Crippen molar-refractivity contribution in [2.45, 2.75) is 26.7 Å². The van der Waals surface area contributed by atoms with Crippen LogP contribution in [0.4, 0.5) is 5.69 Å². The van der Waals surface area contributed by atoms with Gasteiger partial charge in [-0.1, -0.05) is 31.9 Å². The first-order valence-electron chi connectivity index (χ1n) is 5.71. The van der Waals surface area contributed by atoms with E-state index in [1.807, 2.05) is 18.2 Å². The van der Waals surface area contributed by atoms with Crippen LogP contribution in [0.2, 0.25) is 5.02 Å². The third kappa shape index (κ3) is 4.57. The van der Waals surface area contributed by atoms with E-state index >= 15 is 0 Å². The Bertz CT molecular complexity index is 413. The van der Waals surface area contributed by atoms with Crippen LogP contribution in [-0.2, 0) is 6.42 Å². The van der Waals surface area contributed by atoms with Crippen LogP contribution in [0.1, 0.15) is 25.8 Å². The standard InChI is InChI=1S/C13H18ClN3/c1-3-10(2)6-11-7-12(14)4-5-13(11)17-9-16-8-15/h4-5,7-10H,3,6H2,1-2H3,(H2,15,16,17). The number of aliphatic imine (C=N–C) groups is 2. The van der Waals surface area contributed by atoms with Gasteiger partial charge >= 0.3 is 0 Å². The first-order chi connectivity index (χ1) is 8.17. The van der Waals surface area contributed by atoms with Crippen LogP contribution in [-0.4, -0.2) is 12.7 Å². The number of rotatable bonds is 5. The Hall–Kier alpha value is -1.35. The second kappa shape index (κ2) is 7.07. The summed E-state index contributed by atoms with van der Waals surface area (Å²) in [4.78, 5) is 8.02. The first kappa shape index (κ1) is 13.7. The van der Waals surface area contributed by atoms with Crippen LogP contribution < -0.4 is 5.73 Å². The molecular formula is C13H18ClN3. The Balaban J connectivity index is 2.95. The maximum Gasteiger partial charge on any atom is 0.117 e. The molecule has 1 aromatic carbocycles. The summed E-state index contributed by atoms with van der Waals surface area (Å²) in [6, 6.07) is 5.70. The third-order valence-electron chi connectivity index (χ3n) is 2.66. The SMILES string of the molecule is CCC(C)Cc1cc(Cl)ccc1N=CN=CN. The largest absolute Gasteiger partial charge is 0.390 e. The summed E-state index contributed by atoms with van der Waals surface area (Å²) in [7, 11) is 0. The van der Waals surface area contributed by atoms with E-state index in [9.17, 15) is 0 Å². The summed E-state index contributed by atoms with van der Waals surface area (Å²) in [5, 5.41) is 0.740. The molecule has 17 heavy (non-hydrogen) atoms. The zero-order chi connectivity index (χ0) is 12.7. The third-order valence-corrected chi connectivity index (χ3v) is 2.89. The molecule has 0 radical (unpaired) electrons. The molecule has 92 valence electrons. The molecule has 1 atom stereocenters. The molecule has 0 aliphatic heterocycles. The average Bonchev–Trinajstić information content (AvgIpc) is 2.32. The van der Waals surface area contributed by atoms with E-state index in [1.165, 1.54) is 12.7 Å². The Morgan fingerprint density at radius 3 is 2.88 bits per heavy atom. The van der Waals surface area contributed by atoms with Gasteiger partial charge in [0, 0.05) is 5.02 Å². The van der Waals surface area contributed by atoms with Crippen LogP contribution in [0, 0.1) is 5.92 Å². The van der Waals surface area contributed by atoms with Crippen molar-refractivity contribution in [3.63, 3.8) is 0 Å². The second-order valence-corrected chi connectivity index (χ2v) is 4.47. The predicted octanol–water partition coefficient (Wildman–Crippen LogP) is 3.58. The maximum absolute atomic E-state index is 6.00. The van der Waals surface area contributed by atoms with Gasteiger partial charge in [0.2, 0.25) is 0 Å². The van der Waals surface area contributed by atoms with Crippen LogP contribution in [0.5, 0.6) is 0 Å². The highest BCUT2D eigenvalue weighted by atomic mass is 35.5. The highest BCUT2D eigenvalue weighted by molar-refractivity contribution is 6.30. The van der Waals surface area contributed by atoms with Gasteiger partial charge in [0.1, 0.15) is 6.34 Å². The summed E-state index contributed by atoms with van der Waals surface area (Å²) in [6.07, 6.45) is 4.77. The summed E-state index contributed by atoms with van der Waals surface area (Å²) in [6.45, 7) is 4.39. The van der Waals surface area contributed by atoms with E-state index in [0.717, 1.165) is 29.1 Å². The molecule has 2 N–H and O–H groups in total. The number of nitrogens with two attached hydrogens (primary N) is 1. The molecule has 0 saturated carbocycles. The van der Waals surface area contributed by atoms with Gasteiger partial charge < -0.3 is 5.73 Å². The molecule has 4 heteroatoms. The van der Waals surface area contributed by atoms with Crippen molar-refractivity contribution in [1.29, 1.82) is 0 Å². The van der Waals surface area contributed by atoms with Crippen molar-refractivity contribution in [2.75, 3.05) is 0 Å². The van der Waals surface area contributed by atoms with E-state index in [1.54, 1.807) is 0 Å². The fourth-order valence-electron chi connectivity index (χ4n) is 1.50. The lowest BCUT2D eigenvalue weighted by atomic mass is 9.98. The zero-order valence-electron chi connectivity index (χ0n) is 10.2. The minimum Gasteiger partial charge on any atom is -0.390 e. The quantitative estimate of drug-likeness (QED) is 0.631. The summed E-state index contributed by atoms with van der Waals surface area (Å²) < 4.78 is 0. The highest BCUT2D eigenvalue weighted by Gasteiger charge is 2.06. The molecule has 0 aliphatic rings. The van der Waals surface area contributed by atoms with Crippen LogP contribution >= 0.6 is 11.6 Å². The molecule has 3 nitrogen and oxygen atoms in total. The number of halogens is 1.